The first kappa shape index (κ1) is 10.1. The van der Waals surface area contributed by atoms with Crippen molar-refractivity contribution in [3.63, 3.8) is 0 Å². The molecule has 0 bridgehead atoms. The van der Waals surface area contributed by atoms with E-state index in [1.54, 1.807) is 0 Å². The molecule has 0 spiro atoms. The second-order valence-electron chi connectivity index (χ2n) is 2.97. The number of hydrogen-bond acceptors (Lipinski definition) is 4. The fourth-order valence-electron chi connectivity index (χ4n) is 1.10. The lowest BCUT2D eigenvalue weighted by atomic mass is 10.3. The van der Waals surface area contributed by atoms with Crippen LogP contribution in [0.2, 0.25) is 0 Å². The van der Waals surface area contributed by atoms with Crippen LogP contribution in [0.1, 0.15) is 10.5 Å². The molecule has 0 unspecified atom stereocenters. The zero-order valence-corrected chi connectivity index (χ0v) is 7.94. The van der Waals surface area contributed by atoms with Gasteiger partial charge < -0.3 is 10.4 Å². The van der Waals surface area contributed by atoms with Crippen LogP contribution in [0.25, 0.3) is 0 Å². The number of phenols is 1. The van der Waals surface area contributed by atoms with Gasteiger partial charge in [-0.05, 0) is 12.1 Å². The van der Waals surface area contributed by atoms with E-state index in [1.807, 2.05) is 0 Å². The highest BCUT2D eigenvalue weighted by Crippen LogP contribution is 2.19. The van der Waals surface area contributed by atoms with Crippen LogP contribution in [0.3, 0.4) is 0 Å². The Balaban J connectivity index is 2.18. The minimum absolute atomic E-state index is 0.0363. The fourth-order valence-corrected chi connectivity index (χ4v) is 1.10. The molecule has 6 nitrogen and oxygen atoms in total. The molecule has 3 N–H and O–H groups in total. The molecule has 1 aromatic heterocycles. The van der Waals surface area contributed by atoms with Crippen LogP contribution >= 0.6 is 0 Å². The predicted molar refractivity (Wildman–Crippen MR) is 52.4 cm³/mol. The zero-order chi connectivity index (χ0) is 11.5. The molecule has 0 radical (unpaired) electrons. The van der Waals surface area contributed by atoms with E-state index in [9.17, 15) is 9.18 Å². The number of phenolic OH excluding ortho intramolecular Hbond substituents is 1. The number of H-pyrrole nitrogens is 1. The Hall–Kier alpha value is -2.44. The number of anilines is 1. The number of carbonyl (C=O) groups is 1. The first-order valence-corrected chi connectivity index (χ1v) is 4.32. The summed E-state index contributed by atoms with van der Waals surface area (Å²) in [5.74, 6) is -1.52. The van der Waals surface area contributed by atoms with E-state index in [-0.39, 0.29) is 17.1 Å². The molecule has 16 heavy (non-hydrogen) atoms. The highest BCUT2D eigenvalue weighted by molar-refractivity contribution is 6.02. The van der Waals surface area contributed by atoms with Crippen molar-refractivity contribution in [3.8, 4) is 5.75 Å². The van der Waals surface area contributed by atoms with Gasteiger partial charge in [0.15, 0.2) is 5.69 Å². The number of amides is 1. The summed E-state index contributed by atoms with van der Waals surface area (Å²) in [6.45, 7) is 0. The van der Waals surface area contributed by atoms with Crippen LogP contribution < -0.4 is 5.32 Å². The van der Waals surface area contributed by atoms with Crippen molar-refractivity contribution in [2.75, 3.05) is 5.32 Å². The molecule has 1 aromatic carbocycles. The number of halogens is 1. The van der Waals surface area contributed by atoms with E-state index < -0.39 is 11.7 Å². The minimum Gasteiger partial charge on any atom is -0.508 e. The highest BCUT2D eigenvalue weighted by Gasteiger charge is 2.11. The molecule has 1 heterocycles. The quantitative estimate of drug-likeness (QED) is 0.658. The van der Waals surface area contributed by atoms with Crippen LogP contribution in [-0.4, -0.2) is 26.4 Å². The first-order valence-electron chi connectivity index (χ1n) is 4.32. The lowest BCUT2D eigenvalue weighted by molar-refractivity contribution is 0.102. The molecule has 7 heteroatoms. The number of aromatic amines is 1. The fraction of sp³-hybridized carbons (Fsp3) is 0. The first-order chi connectivity index (χ1) is 7.66. The summed E-state index contributed by atoms with van der Waals surface area (Å²) in [5, 5.41) is 20.5. The van der Waals surface area contributed by atoms with Crippen LogP contribution in [-0.2, 0) is 0 Å². The number of aromatic nitrogens is 3. The van der Waals surface area contributed by atoms with Gasteiger partial charge in [-0.3, -0.25) is 4.79 Å². The average Bonchev–Trinajstić information content (AvgIpc) is 2.75. The number of carbonyl (C=O) groups excluding carboxylic acids is 1. The van der Waals surface area contributed by atoms with E-state index >= 15 is 0 Å². The molecule has 2 rings (SSSR count). The van der Waals surface area contributed by atoms with Gasteiger partial charge in [-0.2, -0.15) is 15.4 Å². The van der Waals surface area contributed by atoms with E-state index in [2.05, 4.69) is 20.7 Å². The molecule has 82 valence electrons. The standard InChI is InChI=1S/C9H7FN4O2/c10-6-3-5(15)1-2-7(6)12-9(16)8-4-11-14-13-8/h1-4,15H,(H,12,16)(H,11,13,14). The molecule has 0 saturated carbocycles. The van der Waals surface area contributed by atoms with Gasteiger partial charge in [-0.25, -0.2) is 4.39 Å². The minimum atomic E-state index is -0.725. The van der Waals surface area contributed by atoms with Crippen molar-refractivity contribution in [2.45, 2.75) is 0 Å². The van der Waals surface area contributed by atoms with Crippen molar-refractivity contribution in [1.29, 1.82) is 0 Å². The number of aromatic hydroxyl groups is 1. The van der Waals surface area contributed by atoms with Crippen molar-refractivity contribution >= 4 is 11.6 Å². The van der Waals surface area contributed by atoms with Crippen molar-refractivity contribution in [2.24, 2.45) is 0 Å². The number of benzene rings is 1. The Morgan fingerprint density at radius 2 is 2.31 bits per heavy atom. The third kappa shape index (κ3) is 1.97. The Kier molecular flexibility index (Phi) is 2.50. The van der Waals surface area contributed by atoms with Crippen LogP contribution in [0.15, 0.2) is 24.4 Å². The van der Waals surface area contributed by atoms with E-state index in [4.69, 9.17) is 5.11 Å². The summed E-state index contributed by atoms with van der Waals surface area (Å²) in [5.41, 5.74) is 0.0123. The highest BCUT2D eigenvalue weighted by atomic mass is 19.1. The molecular weight excluding hydrogens is 215 g/mol. The second kappa shape index (κ2) is 3.97. The number of rotatable bonds is 2. The molecule has 1 amide bonds. The summed E-state index contributed by atoms with van der Waals surface area (Å²) in [6.07, 6.45) is 1.22. The van der Waals surface area contributed by atoms with Crippen molar-refractivity contribution in [1.82, 2.24) is 15.4 Å². The normalized spacial score (nSPS) is 10.1. The topological polar surface area (TPSA) is 90.9 Å². The summed E-state index contributed by atoms with van der Waals surface area (Å²) >= 11 is 0. The summed E-state index contributed by atoms with van der Waals surface area (Å²) < 4.78 is 13.2. The van der Waals surface area contributed by atoms with Crippen molar-refractivity contribution in [3.05, 3.63) is 35.9 Å². The molecule has 0 saturated heterocycles. The smallest absolute Gasteiger partial charge is 0.277 e. The lowest BCUT2D eigenvalue weighted by Gasteiger charge is -2.04. The number of nitrogens with one attached hydrogen (secondary N) is 2. The Morgan fingerprint density at radius 3 is 2.94 bits per heavy atom. The van der Waals surface area contributed by atoms with E-state index in [0.29, 0.717) is 0 Å². The van der Waals surface area contributed by atoms with Gasteiger partial charge in [-0.1, -0.05) is 0 Å². The van der Waals surface area contributed by atoms with E-state index in [1.165, 1.54) is 18.3 Å². The van der Waals surface area contributed by atoms with Gasteiger partial charge in [0, 0.05) is 6.07 Å². The monoisotopic (exact) mass is 222 g/mol. The Bertz CT molecular complexity index is 512. The Morgan fingerprint density at radius 1 is 1.50 bits per heavy atom. The summed E-state index contributed by atoms with van der Waals surface area (Å²) in [6, 6.07) is 3.42. The molecular formula is C9H7FN4O2. The summed E-state index contributed by atoms with van der Waals surface area (Å²) in [7, 11) is 0. The molecule has 0 atom stereocenters. The maximum Gasteiger partial charge on any atom is 0.277 e. The second-order valence-corrected chi connectivity index (χ2v) is 2.97. The maximum atomic E-state index is 13.2. The van der Waals surface area contributed by atoms with Crippen LogP contribution in [0.4, 0.5) is 10.1 Å². The summed E-state index contributed by atoms with van der Waals surface area (Å²) in [4.78, 5) is 11.4. The molecule has 0 aliphatic rings. The SMILES string of the molecule is O=C(Nc1ccc(O)cc1F)c1cn[nH]n1. The molecule has 0 aliphatic heterocycles. The predicted octanol–water partition coefficient (Wildman–Crippen LogP) is 0.902. The van der Waals surface area contributed by atoms with Crippen LogP contribution in [0, 0.1) is 5.82 Å². The van der Waals surface area contributed by atoms with Gasteiger partial charge in [0.25, 0.3) is 5.91 Å². The van der Waals surface area contributed by atoms with Gasteiger partial charge in [0.1, 0.15) is 11.6 Å². The third-order valence-electron chi connectivity index (χ3n) is 1.85. The lowest BCUT2D eigenvalue weighted by Crippen LogP contribution is -2.13. The van der Waals surface area contributed by atoms with Crippen LogP contribution in [0.5, 0.6) is 5.75 Å². The molecule has 2 aromatic rings. The van der Waals surface area contributed by atoms with Crippen molar-refractivity contribution < 1.29 is 14.3 Å². The Labute approximate surface area is 89.1 Å². The van der Waals surface area contributed by atoms with Gasteiger partial charge in [-0.15, -0.1) is 0 Å². The molecule has 0 fully saturated rings. The molecule has 0 aliphatic carbocycles. The zero-order valence-electron chi connectivity index (χ0n) is 7.94. The largest absolute Gasteiger partial charge is 0.508 e. The third-order valence-corrected chi connectivity index (χ3v) is 1.85. The number of hydrogen-bond donors (Lipinski definition) is 3. The van der Waals surface area contributed by atoms with Gasteiger partial charge in [0.2, 0.25) is 0 Å². The number of nitrogens with zero attached hydrogens (tertiary/aromatic N) is 2. The maximum absolute atomic E-state index is 13.2. The van der Waals surface area contributed by atoms with Gasteiger partial charge in [0.05, 0.1) is 11.9 Å². The average molecular weight is 222 g/mol. The van der Waals surface area contributed by atoms with Gasteiger partial charge >= 0.3 is 0 Å². The van der Waals surface area contributed by atoms with E-state index in [0.717, 1.165) is 6.07 Å².